The number of carbonyl (C=O) groups excluding carboxylic acids is 1. The van der Waals surface area contributed by atoms with E-state index >= 15 is 0 Å². The van der Waals surface area contributed by atoms with Crippen LogP contribution in [0.1, 0.15) is 10.4 Å². The van der Waals surface area contributed by atoms with E-state index in [2.05, 4.69) is 25.8 Å². The maximum absolute atomic E-state index is 12.4. The van der Waals surface area contributed by atoms with Crippen LogP contribution in [0, 0.1) is 0 Å². The number of aromatic nitrogens is 6. The normalized spacial score (nSPS) is 10.6. The Bertz CT molecular complexity index is 1230. The third kappa shape index (κ3) is 4.64. The molecular formula is C21H19N7O3. The molecule has 2 aromatic carbocycles. The molecule has 0 aliphatic rings. The van der Waals surface area contributed by atoms with Crippen LogP contribution in [0.4, 0.5) is 0 Å². The molecule has 0 spiro atoms. The Kier molecular flexibility index (Phi) is 5.79. The van der Waals surface area contributed by atoms with E-state index in [1.807, 2.05) is 24.3 Å². The second kappa shape index (κ2) is 8.99. The fourth-order valence-electron chi connectivity index (χ4n) is 2.97. The minimum Gasteiger partial charge on any atom is -0.497 e. The molecule has 156 valence electrons. The number of carbonyl (C=O) groups is 1. The summed E-state index contributed by atoms with van der Waals surface area (Å²) >= 11 is 0. The number of benzene rings is 2. The fourth-order valence-corrected chi connectivity index (χ4v) is 2.97. The van der Waals surface area contributed by atoms with Crippen LogP contribution in [0.15, 0.2) is 72.0 Å². The highest BCUT2D eigenvalue weighted by Crippen LogP contribution is 2.19. The zero-order valence-corrected chi connectivity index (χ0v) is 16.7. The first-order valence-electron chi connectivity index (χ1n) is 9.46. The second-order valence-electron chi connectivity index (χ2n) is 6.59. The van der Waals surface area contributed by atoms with Crippen molar-refractivity contribution in [3.8, 4) is 22.7 Å². The number of methoxy groups -OCH3 is 1. The predicted molar refractivity (Wildman–Crippen MR) is 112 cm³/mol. The van der Waals surface area contributed by atoms with Gasteiger partial charge in [-0.25, -0.2) is 9.67 Å². The Balaban J connectivity index is 1.38. The molecule has 0 atom stereocenters. The van der Waals surface area contributed by atoms with E-state index in [1.54, 1.807) is 31.4 Å². The average molecular weight is 417 g/mol. The smallest absolute Gasteiger partial charge is 0.253 e. The summed E-state index contributed by atoms with van der Waals surface area (Å²) in [6.07, 6.45) is 2.93. The highest BCUT2D eigenvalue weighted by atomic mass is 16.5. The van der Waals surface area contributed by atoms with Crippen molar-refractivity contribution < 1.29 is 9.53 Å². The maximum Gasteiger partial charge on any atom is 0.253 e. The molecule has 2 heterocycles. The van der Waals surface area contributed by atoms with Gasteiger partial charge in [0.1, 0.15) is 12.1 Å². The van der Waals surface area contributed by atoms with Gasteiger partial charge in [0.05, 0.1) is 24.8 Å². The van der Waals surface area contributed by atoms with Crippen LogP contribution in [-0.4, -0.2) is 49.3 Å². The topological polar surface area (TPSA) is 117 Å². The molecule has 1 N–H and O–H groups in total. The molecule has 10 nitrogen and oxygen atoms in total. The lowest BCUT2D eigenvalue weighted by Crippen LogP contribution is -2.30. The average Bonchev–Trinajstić information content (AvgIpc) is 3.35. The summed E-state index contributed by atoms with van der Waals surface area (Å²) < 4.78 is 8.05. The molecule has 10 heteroatoms. The zero-order valence-electron chi connectivity index (χ0n) is 16.7. The molecule has 0 fully saturated rings. The van der Waals surface area contributed by atoms with Crippen LogP contribution in [0.5, 0.6) is 5.75 Å². The number of nitrogens with zero attached hydrogens (tertiary/aromatic N) is 6. The van der Waals surface area contributed by atoms with Crippen LogP contribution in [0.25, 0.3) is 16.9 Å². The Morgan fingerprint density at radius 3 is 2.65 bits per heavy atom. The summed E-state index contributed by atoms with van der Waals surface area (Å²) in [6, 6.07) is 15.7. The van der Waals surface area contributed by atoms with Gasteiger partial charge in [-0.2, -0.15) is 0 Å². The summed E-state index contributed by atoms with van der Waals surface area (Å²) in [5.74, 6) is 0.474. The first-order chi connectivity index (χ1) is 15.1. The van der Waals surface area contributed by atoms with Gasteiger partial charge < -0.3 is 10.1 Å². The molecule has 0 aliphatic heterocycles. The van der Waals surface area contributed by atoms with Crippen LogP contribution in [-0.2, 0) is 6.54 Å². The van der Waals surface area contributed by atoms with Crippen LogP contribution >= 0.6 is 0 Å². The lowest BCUT2D eigenvalue weighted by molar-refractivity contribution is 0.0952. The van der Waals surface area contributed by atoms with Crippen molar-refractivity contribution in [1.82, 2.24) is 35.1 Å². The first kappa shape index (κ1) is 20.0. The monoisotopic (exact) mass is 417 g/mol. The summed E-state index contributed by atoms with van der Waals surface area (Å²) in [7, 11) is 1.60. The van der Waals surface area contributed by atoms with Crippen molar-refractivity contribution in [2.45, 2.75) is 6.54 Å². The molecule has 0 saturated carbocycles. The highest BCUT2D eigenvalue weighted by molar-refractivity contribution is 5.94. The molecule has 0 aliphatic carbocycles. The molecule has 1 amide bonds. The van der Waals surface area contributed by atoms with E-state index < -0.39 is 0 Å². The number of hydrogen-bond acceptors (Lipinski definition) is 7. The Morgan fingerprint density at radius 1 is 1.10 bits per heavy atom. The van der Waals surface area contributed by atoms with Gasteiger partial charge in [0.25, 0.3) is 11.5 Å². The first-order valence-corrected chi connectivity index (χ1v) is 9.46. The maximum atomic E-state index is 12.4. The molecule has 2 aromatic heterocycles. The fraction of sp³-hybridized carbons (Fsp3) is 0.143. The molecule has 0 unspecified atom stereocenters. The van der Waals surface area contributed by atoms with Gasteiger partial charge in [-0.05, 0) is 52.9 Å². The number of hydrogen-bond donors (Lipinski definition) is 1. The minimum atomic E-state index is -0.259. The largest absolute Gasteiger partial charge is 0.497 e. The number of amides is 1. The van der Waals surface area contributed by atoms with E-state index in [4.69, 9.17) is 4.74 Å². The lowest BCUT2D eigenvalue weighted by atomic mass is 10.1. The Hall–Kier alpha value is -4.34. The van der Waals surface area contributed by atoms with Crippen LogP contribution in [0.3, 0.4) is 0 Å². The predicted octanol–water partition coefficient (Wildman–Crippen LogP) is 1.32. The van der Waals surface area contributed by atoms with Crippen molar-refractivity contribution in [3.05, 3.63) is 83.2 Å². The van der Waals surface area contributed by atoms with Crippen molar-refractivity contribution >= 4 is 5.91 Å². The number of tetrazole rings is 1. The summed E-state index contributed by atoms with van der Waals surface area (Å²) in [5.41, 5.74) is 2.34. The number of ether oxygens (including phenoxy) is 1. The molecule has 31 heavy (non-hydrogen) atoms. The lowest BCUT2D eigenvalue weighted by Gasteiger charge is -2.09. The van der Waals surface area contributed by atoms with E-state index in [0.29, 0.717) is 23.5 Å². The van der Waals surface area contributed by atoms with Crippen molar-refractivity contribution in [2.75, 3.05) is 13.7 Å². The van der Waals surface area contributed by atoms with Gasteiger partial charge in [0.15, 0.2) is 0 Å². The van der Waals surface area contributed by atoms with Gasteiger partial charge in [-0.15, -0.1) is 5.10 Å². The van der Waals surface area contributed by atoms with Crippen molar-refractivity contribution in [1.29, 1.82) is 0 Å². The van der Waals surface area contributed by atoms with Gasteiger partial charge in [0.2, 0.25) is 0 Å². The highest BCUT2D eigenvalue weighted by Gasteiger charge is 2.08. The van der Waals surface area contributed by atoms with E-state index in [9.17, 15) is 9.59 Å². The molecule has 0 radical (unpaired) electrons. The molecule has 4 rings (SSSR count). The zero-order chi connectivity index (χ0) is 21.6. The van der Waals surface area contributed by atoms with Crippen molar-refractivity contribution in [2.24, 2.45) is 0 Å². The van der Waals surface area contributed by atoms with Gasteiger partial charge in [-0.3, -0.25) is 14.2 Å². The Morgan fingerprint density at radius 2 is 1.94 bits per heavy atom. The van der Waals surface area contributed by atoms with Gasteiger partial charge in [-0.1, -0.05) is 6.07 Å². The third-order valence-corrected chi connectivity index (χ3v) is 4.63. The summed E-state index contributed by atoms with van der Waals surface area (Å²) in [6.45, 7) is 0.574. The Labute approximate surface area is 177 Å². The SMILES string of the molecule is COc1ccc(-c2cc(=O)n(CCNC(=O)c3cccc(-n4cnnn4)c3)cn2)cc1. The summed E-state index contributed by atoms with van der Waals surface area (Å²) in [5, 5.41) is 13.8. The van der Waals surface area contributed by atoms with E-state index in [0.717, 1.165) is 11.3 Å². The quantitative estimate of drug-likeness (QED) is 0.482. The molecular weight excluding hydrogens is 398 g/mol. The molecule has 4 aromatic rings. The summed E-state index contributed by atoms with van der Waals surface area (Å²) in [4.78, 5) is 29.2. The van der Waals surface area contributed by atoms with Crippen LogP contribution < -0.4 is 15.6 Å². The van der Waals surface area contributed by atoms with Gasteiger partial charge in [0, 0.05) is 30.3 Å². The standard InChI is InChI=1S/C21H19N7O3/c1-31-18-7-5-15(6-8-18)19-12-20(29)27(13-23-19)10-9-22-21(30)16-3-2-4-17(11-16)28-14-24-25-26-28/h2-8,11-14H,9-10H2,1H3,(H,22,30). The minimum absolute atomic E-state index is 0.198. The number of nitrogens with one attached hydrogen (secondary N) is 1. The van der Waals surface area contributed by atoms with E-state index in [-0.39, 0.29) is 18.0 Å². The molecule has 0 saturated heterocycles. The molecule has 0 bridgehead atoms. The van der Waals surface area contributed by atoms with Gasteiger partial charge >= 0.3 is 0 Å². The second-order valence-corrected chi connectivity index (χ2v) is 6.59. The number of rotatable bonds is 7. The van der Waals surface area contributed by atoms with E-state index in [1.165, 1.54) is 28.0 Å². The van der Waals surface area contributed by atoms with Crippen molar-refractivity contribution in [3.63, 3.8) is 0 Å². The van der Waals surface area contributed by atoms with Crippen LogP contribution in [0.2, 0.25) is 0 Å². The third-order valence-electron chi connectivity index (χ3n) is 4.63.